The zero-order valence-electron chi connectivity index (χ0n) is 6.48. The molecule has 0 spiro atoms. The van der Waals surface area contributed by atoms with Crippen molar-refractivity contribution in [1.82, 2.24) is 14.8 Å². The van der Waals surface area contributed by atoms with Gasteiger partial charge in [-0.25, -0.2) is 0 Å². The zero-order valence-corrected chi connectivity index (χ0v) is 8.00. The first-order chi connectivity index (χ1) is 6.29. The molecule has 1 heterocycles. The molecule has 1 aromatic carbocycles. The molecule has 2 aromatic rings. The first kappa shape index (κ1) is 8.53. The Balaban J connectivity index is 2.59. The molecule has 0 aliphatic rings. The number of benzene rings is 1. The second kappa shape index (κ2) is 3.36. The molecule has 0 atom stereocenters. The van der Waals surface area contributed by atoms with Crippen LogP contribution in [0.1, 0.15) is 0 Å². The van der Waals surface area contributed by atoms with Crippen LogP contribution in [0.4, 0.5) is 0 Å². The van der Waals surface area contributed by atoms with Crippen LogP contribution < -0.4 is 0 Å². The van der Waals surface area contributed by atoms with Gasteiger partial charge in [0, 0.05) is 0 Å². The molecule has 0 radical (unpaired) electrons. The highest BCUT2D eigenvalue weighted by Gasteiger charge is 2.05. The van der Waals surface area contributed by atoms with Crippen molar-refractivity contribution in [2.75, 3.05) is 0 Å². The molecule has 0 aliphatic carbocycles. The summed E-state index contributed by atoms with van der Waals surface area (Å²) in [7, 11) is 0. The van der Waals surface area contributed by atoms with Gasteiger partial charge in [-0.3, -0.25) is 4.57 Å². The molecule has 0 unspecified atom stereocenters. The largest absolute Gasteiger partial charge is 0.287 e. The molecule has 5 heteroatoms. The highest BCUT2D eigenvalue weighted by Crippen LogP contribution is 2.27. The maximum absolute atomic E-state index is 5.98. The molecule has 0 amide bonds. The molecule has 0 saturated heterocycles. The highest BCUT2D eigenvalue weighted by atomic mass is 35.5. The number of nitrogens with zero attached hydrogens (tertiary/aromatic N) is 3. The van der Waals surface area contributed by atoms with Crippen LogP contribution in [0.3, 0.4) is 0 Å². The van der Waals surface area contributed by atoms with E-state index in [0.29, 0.717) is 10.0 Å². The van der Waals surface area contributed by atoms with Gasteiger partial charge in [0.15, 0.2) is 0 Å². The average Bonchev–Trinajstić information content (AvgIpc) is 2.62. The molecule has 0 N–H and O–H groups in total. The molecular formula is C8H5Cl2N3. The Kier molecular flexibility index (Phi) is 2.20. The molecule has 0 aliphatic heterocycles. The van der Waals surface area contributed by atoms with Crippen molar-refractivity contribution in [3.63, 3.8) is 0 Å². The van der Waals surface area contributed by atoms with Crippen molar-refractivity contribution < 1.29 is 0 Å². The summed E-state index contributed by atoms with van der Waals surface area (Å²) in [6, 6.07) is 5.40. The Morgan fingerprint density at radius 2 is 1.77 bits per heavy atom. The number of halogens is 2. The van der Waals surface area contributed by atoms with Crippen LogP contribution in [0, 0.1) is 0 Å². The van der Waals surface area contributed by atoms with E-state index in [1.165, 1.54) is 0 Å². The molecule has 13 heavy (non-hydrogen) atoms. The molecule has 0 fully saturated rings. The second-order valence-corrected chi connectivity index (χ2v) is 3.23. The third-order valence-corrected chi connectivity index (χ3v) is 2.44. The Morgan fingerprint density at radius 1 is 1.08 bits per heavy atom. The molecule has 0 saturated carbocycles. The van der Waals surface area contributed by atoms with Crippen LogP contribution in [-0.4, -0.2) is 14.8 Å². The maximum Gasteiger partial charge on any atom is 0.123 e. The maximum atomic E-state index is 5.98. The van der Waals surface area contributed by atoms with Crippen molar-refractivity contribution >= 4 is 23.2 Å². The molecule has 66 valence electrons. The van der Waals surface area contributed by atoms with Gasteiger partial charge in [0.2, 0.25) is 0 Å². The van der Waals surface area contributed by atoms with Gasteiger partial charge in [0.05, 0.1) is 15.7 Å². The van der Waals surface area contributed by atoms with Crippen LogP contribution in [0.2, 0.25) is 10.0 Å². The third-order valence-electron chi connectivity index (χ3n) is 1.63. The Morgan fingerprint density at radius 3 is 2.46 bits per heavy atom. The van der Waals surface area contributed by atoms with Gasteiger partial charge in [0.25, 0.3) is 0 Å². The molecule has 1 aromatic heterocycles. The van der Waals surface area contributed by atoms with Crippen molar-refractivity contribution in [1.29, 1.82) is 0 Å². The standard InChI is InChI=1S/C8H5Cl2N3/c9-6-2-1-3-7(8(6)10)13-4-11-12-5-13/h1-5H. The fourth-order valence-corrected chi connectivity index (χ4v) is 1.41. The van der Waals surface area contributed by atoms with Gasteiger partial charge < -0.3 is 0 Å². The summed E-state index contributed by atoms with van der Waals surface area (Å²) in [6.45, 7) is 0. The van der Waals surface area contributed by atoms with E-state index in [-0.39, 0.29) is 0 Å². The first-order valence-corrected chi connectivity index (χ1v) is 4.33. The van der Waals surface area contributed by atoms with Gasteiger partial charge in [-0.1, -0.05) is 29.3 Å². The number of aromatic nitrogens is 3. The van der Waals surface area contributed by atoms with Gasteiger partial charge in [-0.2, -0.15) is 0 Å². The first-order valence-electron chi connectivity index (χ1n) is 3.58. The Bertz CT molecular complexity index is 411. The van der Waals surface area contributed by atoms with Crippen molar-refractivity contribution in [2.45, 2.75) is 0 Å². The van der Waals surface area contributed by atoms with E-state index in [1.54, 1.807) is 23.3 Å². The van der Waals surface area contributed by atoms with E-state index in [0.717, 1.165) is 5.69 Å². The van der Waals surface area contributed by atoms with Crippen LogP contribution >= 0.6 is 23.2 Å². The number of hydrogen-bond acceptors (Lipinski definition) is 2. The second-order valence-electron chi connectivity index (χ2n) is 2.44. The van der Waals surface area contributed by atoms with E-state index in [4.69, 9.17) is 23.2 Å². The minimum absolute atomic E-state index is 0.504. The lowest BCUT2D eigenvalue weighted by Crippen LogP contribution is -1.90. The summed E-state index contributed by atoms with van der Waals surface area (Å²) in [5.41, 5.74) is 0.777. The number of rotatable bonds is 1. The topological polar surface area (TPSA) is 30.7 Å². The van der Waals surface area contributed by atoms with E-state index in [1.807, 2.05) is 12.1 Å². The molecule has 3 nitrogen and oxygen atoms in total. The summed E-state index contributed by atoms with van der Waals surface area (Å²) < 4.78 is 1.70. The normalized spacial score (nSPS) is 10.3. The summed E-state index contributed by atoms with van der Waals surface area (Å²) in [4.78, 5) is 0. The van der Waals surface area contributed by atoms with Gasteiger partial charge in [-0.05, 0) is 12.1 Å². The molecule has 0 bridgehead atoms. The Hall–Kier alpha value is -1.06. The fourth-order valence-electron chi connectivity index (χ4n) is 1.02. The van der Waals surface area contributed by atoms with Crippen molar-refractivity contribution in [3.05, 3.63) is 40.9 Å². The van der Waals surface area contributed by atoms with Crippen LogP contribution in [-0.2, 0) is 0 Å². The van der Waals surface area contributed by atoms with Crippen molar-refractivity contribution in [3.8, 4) is 5.69 Å². The van der Waals surface area contributed by atoms with Crippen LogP contribution in [0.5, 0.6) is 0 Å². The molecule has 2 rings (SSSR count). The van der Waals surface area contributed by atoms with E-state index in [2.05, 4.69) is 10.2 Å². The predicted octanol–water partition coefficient (Wildman–Crippen LogP) is 2.57. The lowest BCUT2D eigenvalue weighted by molar-refractivity contribution is 1.06. The van der Waals surface area contributed by atoms with Gasteiger partial charge in [-0.15, -0.1) is 10.2 Å². The van der Waals surface area contributed by atoms with Gasteiger partial charge >= 0.3 is 0 Å². The average molecular weight is 214 g/mol. The smallest absolute Gasteiger partial charge is 0.123 e. The van der Waals surface area contributed by atoms with Crippen LogP contribution in [0.25, 0.3) is 5.69 Å². The lowest BCUT2D eigenvalue weighted by atomic mass is 10.3. The van der Waals surface area contributed by atoms with Gasteiger partial charge in [0.1, 0.15) is 12.7 Å². The SMILES string of the molecule is Clc1cccc(-n2cnnc2)c1Cl. The monoisotopic (exact) mass is 213 g/mol. The molecular weight excluding hydrogens is 209 g/mol. The third kappa shape index (κ3) is 1.53. The van der Waals surface area contributed by atoms with E-state index < -0.39 is 0 Å². The van der Waals surface area contributed by atoms with Crippen molar-refractivity contribution in [2.24, 2.45) is 0 Å². The minimum Gasteiger partial charge on any atom is -0.287 e. The summed E-state index contributed by atoms with van der Waals surface area (Å²) >= 11 is 11.8. The quantitative estimate of drug-likeness (QED) is 0.730. The highest BCUT2D eigenvalue weighted by molar-refractivity contribution is 6.43. The minimum atomic E-state index is 0.504. The van der Waals surface area contributed by atoms with E-state index in [9.17, 15) is 0 Å². The summed E-state index contributed by atoms with van der Waals surface area (Å²) in [6.07, 6.45) is 3.13. The fraction of sp³-hybridized carbons (Fsp3) is 0. The predicted molar refractivity (Wildman–Crippen MR) is 51.4 cm³/mol. The summed E-state index contributed by atoms with van der Waals surface area (Å²) in [5, 5.41) is 8.39. The lowest BCUT2D eigenvalue weighted by Gasteiger charge is -2.04. The van der Waals surface area contributed by atoms with Crippen LogP contribution in [0.15, 0.2) is 30.9 Å². The Labute approximate surface area is 84.9 Å². The number of hydrogen-bond donors (Lipinski definition) is 0. The zero-order chi connectivity index (χ0) is 9.26. The summed E-state index contributed by atoms with van der Waals surface area (Å²) in [5.74, 6) is 0. The van der Waals surface area contributed by atoms with E-state index >= 15 is 0 Å².